The predicted octanol–water partition coefficient (Wildman–Crippen LogP) is 2.57. The lowest BCUT2D eigenvalue weighted by Crippen LogP contribution is -2.25. The minimum absolute atomic E-state index is 0.0445. The number of aryl methyl sites for hydroxylation is 2. The Morgan fingerprint density at radius 2 is 2.17 bits per heavy atom. The van der Waals surface area contributed by atoms with Gasteiger partial charge < -0.3 is 5.32 Å². The van der Waals surface area contributed by atoms with E-state index < -0.39 is 0 Å². The monoisotopic (exact) mass is 247 g/mol. The van der Waals surface area contributed by atoms with Crippen molar-refractivity contribution in [2.45, 2.75) is 19.9 Å². The van der Waals surface area contributed by atoms with Gasteiger partial charge in [-0.3, -0.25) is 4.68 Å². The molecule has 0 spiro atoms. The van der Waals surface area contributed by atoms with E-state index in [1.165, 1.54) is 6.07 Å². The molecule has 0 aliphatic rings. The second-order valence-corrected chi connectivity index (χ2v) is 4.37. The molecule has 0 amide bonds. The molecule has 1 heterocycles. The van der Waals surface area contributed by atoms with Crippen molar-refractivity contribution in [3.05, 3.63) is 53.1 Å². The van der Waals surface area contributed by atoms with E-state index in [-0.39, 0.29) is 11.9 Å². The first-order chi connectivity index (χ1) is 8.63. The van der Waals surface area contributed by atoms with Gasteiger partial charge in [-0.05, 0) is 42.8 Å². The van der Waals surface area contributed by atoms with E-state index in [0.717, 1.165) is 23.4 Å². The molecule has 0 saturated carbocycles. The number of hydrogen-bond donors (Lipinski definition) is 1. The van der Waals surface area contributed by atoms with Crippen molar-refractivity contribution in [2.75, 3.05) is 6.54 Å². The second-order valence-electron chi connectivity index (χ2n) is 4.37. The molecule has 0 bridgehead atoms. The van der Waals surface area contributed by atoms with Crippen molar-refractivity contribution in [2.24, 2.45) is 7.05 Å². The van der Waals surface area contributed by atoms with E-state index in [1.54, 1.807) is 12.3 Å². The first kappa shape index (κ1) is 12.8. The topological polar surface area (TPSA) is 29.9 Å². The summed E-state index contributed by atoms with van der Waals surface area (Å²) < 4.78 is 15.0. The number of rotatable bonds is 4. The predicted molar refractivity (Wildman–Crippen MR) is 69.9 cm³/mol. The smallest absolute Gasteiger partial charge is 0.123 e. The minimum atomic E-state index is -0.198. The van der Waals surface area contributed by atoms with Gasteiger partial charge in [0, 0.05) is 13.2 Å². The lowest BCUT2D eigenvalue weighted by molar-refractivity contribution is 0.567. The maximum atomic E-state index is 13.2. The molecule has 1 aromatic heterocycles. The summed E-state index contributed by atoms with van der Waals surface area (Å²) in [5.41, 5.74) is 3.11. The molecule has 1 atom stereocenters. The Balaban J connectivity index is 2.45. The van der Waals surface area contributed by atoms with Crippen LogP contribution in [0, 0.1) is 12.7 Å². The van der Waals surface area contributed by atoms with Gasteiger partial charge in [0.05, 0.1) is 11.7 Å². The average Bonchev–Trinajstić information content (AvgIpc) is 2.73. The number of hydrogen-bond acceptors (Lipinski definition) is 2. The van der Waals surface area contributed by atoms with Crippen LogP contribution in [0.3, 0.4) is 0 Å². The van der Waals surface area contributed by atoms with Gasteiger partial charge in [-0.2, -0.15) is 5.10 Å². The van der Waals surface area contributed by atoms with Crippen LogP contribution in [0.25, 0.3) is 0 Å². The number of nitrogens with zero attached hydrogens (tertiary/aromatic N) is 2. The highest BCUT2D eigenvalue weighted by atomic mass is 19.1. The van der Waals surface area contributed by atoms with Crippen LogP contribution >= 0.6 is 0 Å². The maximum absolute atomic E-state index is 13.2. The third-order valence-electron chi connectivity index (χ3n) is 3.11. The number of aromatic nitrogens is 2. The zero-order valence-electron chi connectivity index (χ0n) is 10.9. The fourth-order valence-electron chi connectivity index (χ4n) is 2.21. The molecule has 0 radical (unpaired) electrons. The van der Waals surface area contributed by atoms with E-state index >= 15 is 0 Å². The van der Waals surface area contributed by atoms with E-state index in [4.69, 9.17) is 0 Å². The highest BCUT2D eigenvalue weighted by molar-refractivity contribution is 5.34. The van der Waals surface area contributed by atoms with Crippen LogP contribution in [-0.4, -0.2) is 16.3 Å². The molecule has 3 nitrogen and oxygen atoms in total. The molecule has 1 aromatic carbocycles. The average molecular weight is 247 g/mol. The Morgan fingerprint density at radius 1 is 1.39 bits per heavy atom. The fraction of sp³-hybridized carbons (Fsp3) is 0.357. The highest BCUT2D eigenvalue weighted by Crippen LogP contribution is 2.24. The Kier molecular flexibility index (Phi) is 3.77. The SMILES string of the molecule is CCNC(c1ccc(F)cc1C)c1ccnn1C. The first-order valence-corrected chi connectivity index (χ1v) is 6.10. The van der Waals surface area contributed by atoms with Crippen molar-refractivity contribution in [3.8, 4) is 0 Å². The van der Waals surface area contributed by atoms with E-state index in [1.807, 2.05) is 30.8 Å². The Labute approximate surface area is 107 Å². The highest BCUT2D eigenvalue weighted by Gasteiger charge is 2.18. The minimum Gasteiger partial charge on any atom is -0.305 e. The summed E-state index contributed by atoms with van der Waals surface area (Å²) in [6.07, 6.45) is 1.78. The van der Waals surface area contributed by atoms with Crippen molar-refractivity contribution >= 4 is 0 Å². The van der Waals surface area contributed by atoms with Crippen molar-refractivity contribution in [3.63, 3.8) is 0 Å². The molecule has 2 rings (SSSR count). The van der Waals surface area contributed by atoms with Crippen LogP contribution in [-0.2, 0) is 7.05 Å². The summed E-state index contributed by atoms with van der Waals surface area (Å²) in [5.74, 6) is -0.198. The van der Waals surface area contributed by atoms with Gasteiger partial charge in [0.15, 0.2) is 0 Å². The Morgan fingerprint density at radius 3 is 2.72 bits per heavy atom. The van der Waals surface area contributed by atoms with E-state index in [2.05, 4.69) is 17.3 Å². The zero-order chi connectivity index (χ0) is 13.1. The van der Waals surface area contributed by atoms with Gasteiger partial charge in [0.1, 0.15) is 5.82 Å². The van der Waals surface area contributed by atoms with Gasteiger partial charge >= 0.3 is 0 Å². The van der Waals surface area contributed by atoms with Crippen LogP contribution in [0.5, 0.6) is 0 Å². The van der Waals surface area contributed by atoms with Crippen molar-refractivity contribution in [1.82, 2.24) is 15.1 Å². The van der Waals surface area contributed by atoms with Crippen LogP contribution < -0.4 is 5.32 Å². The van der Waals surface area contributed by atoms with Gasteiger partial charge in [-0.25, -0.2) is 4.39 Å². The molecule has 0 saturated heterocycles. The lowest BCUT2D eigenvalue weighted by atomic mass is 9.98. The molecular formula is C14H18FN3. The summed E-state index contributed by atoms with van der Waals surface area (Å²) in [4.78, 5) is 0. The van der Waals surface area contributed by atoms with E-state index in [9.17, 15) is 4.39 Å². The molecule has 4 heteroatoms. The van der Waals surface area contributed by atoms with Crippen LogP contribution in [0.15, 0.2) is 30.5 Å². The van der Waals surface area contributed by atoms with Gasteiger partial charge in [-0.1, -0.05) is 13.0 Å². The number of nitrogens with one attached hydrogen (secondary N) is 1. The van der Waals surface area contributed by atoms with Crippen molar-refractivity contribution < 1.29 is 4.39 Å². The quantitative estimate of drug-likeness (QED) is 0.900. The van der Waals surface area contributed by atoms with Gasteiger partial charge in [0.25, 0.3) is 0 Å². The molecule has 1 N–H and O–H groups in total. The summed E-state index contributed by atoms with van der Waals surface area (Å²) in [7, 11) is 1.92. The standard InChI is InChI=1S/C14H18FN3/c1-4-16-14(13-7-8-17-18(13)3)12-6-5-11(15)9-10(12)2/h5-9,14,16H,4H2,1-3H3. The lowest BCUT2D eigenvalue weighted by Gasteiger charge is -2.20. The summed E-state index contributed by atoms with van der Waals surface area (Å²) in [6, 6.07) is 6.93. The summed E-state index contributed by atoms with van der Waals surface area (Å²) in [5, 5.41) is 7.61. The Hall–Kier alpha value is -1.68. The Bertz CT molecular complexity index is 534. The zero-order valence-corrected chi connectivity index (χ0v) is 10.9. The molecule has 96 valence electrons. The normalized spacial score (nSPS) is 12.7. The van der Waals surface area contributed by atoms with Crippen LogP contribution in [0.4, 0.5) is 4.39 Å². The van der Waals surface area contributed by atoms with Gasteiger partial charge in [0.2, 0.25) is 0 Å². The summed E-state index contributed by atoms with van der Waals surface area (Å²) >= 11 is 0. The molecular weight excluding hydrogens is 229 g/mol. The summed E-state index contributed by atoms with van der Waals surface area (Å²) in [6.45, 7) is 4.83. The van der Waals surface area contributed by atoms with Gasteiger partial charge in [-0.15, -0.1) is 0 Å². The largest absolute Gasteiger partial charge is 0.305 e. The first-order valence-electron chi connectivity index (χ1n) is 6.10. The van der Waals surface area contributed by atoms with Crippen molar-refractivity contribution in [1.29, 1.82) is 0 Å². The van der Waals surface area contributed by atoms with E-state index in [0.29, 0.717) is 0 Å². The molecule has 1 unspecified atom stereocenters. The third kappa shape index (κ3) is 2.43. The second kappa shape index (κ2) is 5.31. The molecule has 18 heavy (non-hydrogen) atoms. The van der Waals surface area contributed by atoms with Crippen LogP contribution in [0.1, 0.15) is 29.8 Å². The maximum Gasteiger partial charge on any atom is 0.123 e. The fourth-order valence-corrected chi connectivity index (χ4v) is 2.21. The number of benzene rings is 1. The molecule has 0 aliphatic carbocycles. The molecule has 0 aliphatic heterocycles. The number of halogens is 1. The molecule has 0 fully saturated rings. The molecule has 2 aromatic rings. The van der Waals surface area contributed by atoms with Crippen LogP contribution in [0.2, 0.25) is 0 Å². The third-order valence-corrected chi connectivity index (χ3v) is 3.11.